The summed E-state index contributed by atoms with van der Waals surface area (Å²) < 4.78 is 24.6. The molecule has 0 saturated carbocycles. The van der Waals surface area contributed by atoms with Crippen LogP contribution in [0.2, 0.25) is 0 Å². The minimum atomic E-state index is -3.54. The Balaban J connectivity index is 5.70. The molecule has 0 spiro atoms. The molecule has 2 nitrogen and oxygen atoms in total. The van der Waals surface area contributed by atoms with Crippen LogP contribution >= 0.6 is 0 Å². The lowest BCUT2D eigenvalue weighted by Crippen LogP contribution is -2.04. The average molecular weight is 262 g/mol. The van der Waals surface area contributed by atoms with Crippen molar-refractivity contribution < 1.29 is 8.42 Å². The Morgan fingerprint density at radius 2 is 1.39 bits per heavy atom. The molecule has 0 aromatic carbocycles. The van der Waals surface area contributed by atoms with Crippen LogP contribution in [0.5, 0.6) is 0 Å². The van der Waals surface area contributed by atoms with Crippen LogP contribution < -0.4 is 0 Å². The highest BCUT2D eigenvalue weighted by Crippen LogP contribution is 2.20. The molecule has 0 rings (SSSR count). The summed E-state index contributed by atoms with van der Waals surface area (Å²) in [7, 11) is -3.54. The Morgan fingerprint density at radius 1 is 0.889 bits per heavy atom. The Hall–Kier alpha value is -1.87. The summed E-state index contributed by atoms with van der Waals surface area (Å²) in [5, 5.41) is 0. The monoisotopic (exact) mass is 262 g/mol. The van der Waals surface area contributed by atoms with E-state index in [1.165, 1.54) is 42.5 Å². The molecule has 0 bridgehead atoms. The Kier molecular flexibility index (Phi) is 7.40. The van der Waals surface area contributed by atoms with Crippen LogP contribution in [-0.4, -0.2) is 8.42 Å². The van der Waals surface area contributed by atoms with Gasteiger partial charge in [0, 0.05) is 0 Å². The van der Waals surface area contributed by atoms with E-state index in [9.17, 15) is 8.42 Å². The molecule has 0 fully saturated rings. The van der Waals surface area contributed by atoms with E-state index in [4.69, 9.17) is 0 Å². The molecule has 0 heterocycles. The second kappa shape index (κ2) is 8.25. The molecule has 0 radical (unpaired) electrons. The molecule has 0 N–H and O–H groups in total. The molecule has 3 heteroatoms. The van der Waals surface area contributed by atoms with Gasteiger partial charge in [-0.05, 0) is 25.2 Å². The molecular formula is C15H18O2S. The lowest BCUT2D eigenvalue weighted by molar-refractivity contribution is 0.609. The normalized spacial score (nSPS) is 14.1. The third-order valence-electron chi connectivity index (χ3n) is 1.98. The maximum absolute atomic E-state index is 12.3. The van der Waals surface area contributed by atoms with E-state index in [1.807, 2.05) is 0 Å². The minimum Gasteiger partial charge on any atom is -0.219 e. The number of hydrogen-bond donors (Lipinski definition) is 0. The molecule has 0 aliphatic rings. The Morgan fingerprint density at radius 3 is 1.78 bits per heavy atom. The van der Waals surface area contributed by atoms with Crippen molar-refractivity contribution in [3.05, 3.63) is 84.2 Å². The first-order valence-corrected chi connectivity index (χ1v) is 6.85. The fourth-order valence-electron chi connectivity index (χ4n) is 1.15. The van der Waals surface area contributed by atoms with Crippen molar-refractivity contribution in [2.45, 2.75) is 6.92 Å². The van der Waals surface area contributed by atoms with Crippen LogP contribution in [0.1, 0.15) is 6.92 Å². The molecule has 18 heavy (non-hydrogen) atoms. The van der Waals surface area contributed by atoms with Crippen molar-refractivity contribution in [1.29, 1.82) is 0 Å². The van der Waals surface area contributed by atoms with E-state index in [0.29, 0.717) is 0 Å². The maximum atomic E-state index is 12.3. The fourth-order valence-corrected chi connectivity index (χ4v) is 2.53. The number of sulfone groups is 1. The van der Waals surface area contributed by atoms with Gasteiger partial charge >= 0.3 is 0 Å². The van der Waals surface area contributed by atoms with Crippen molar-refractivity contribution in [2.24, 2.45) is 0 Å². The molecule has 0 aromatic rings. The van der Waals surface area contributed by atoms with E-state index in [2.05, 4.69) is 19.7 Å². The van der Waals surface area contributed by atoms with Crippen molar-refractivity contribution in [3.8, 4) is 0 Å². The lowest BCUT2D eigenvalue weighted by Gasteiger charge is -2.05. The van der Waals surface area contributed by atoms with E-state index in [-0.39, 0.29) is 9.81 Å². The average Bonchev–Trinajstić information content (AvgIpc) is 2.35. The van der Waals surface area contributed by atoms with Gasteiger partial charge in [-0.1, -0.05) is 56.2 Å². The zero-order valence-corrected chi connectivity index (χ0v) is 11.4. The first-order chi connectivity index (χ1) is 8.54. The predicted molar refractivity (Wildman–Crippen MR) is 79.6 cm³/mol. The first kappa shape index (κ1) is 16.1. The van der Waals surface area contributed by atoms with Gasteiger partial charge in [0.15, 0.2) is 0 Å². The van der Waals surface area contributed by atoms with Crippen LogP contribution in [0, 0.1) is 0 Å². The highest BCUT2D eigenvalue weighted by atomic mass is 32.2. The topological polar surface area (TPSA) is 34.1 Å². The molecule has 0 amide bonds. The third kappa shape index (κ3) is 4.55. The molecule has 0 atom stereocenters. The van der Waals surface area contributed by atoms with Crippen molar-refractivity contribution in [1.82, 2.24) is 0 Å². The number of allylic oxidation sites excluding steroid dienone is 9. The summed E-state index contributed by atoms with van der Waals surface area (Å²) in [5.41, 5.74) is 0. The Labute approximate surface area is 110 Å². The minimum absolute atomic E-state index is 0.166. The quantitative estimate of drug-likeness (QED) is 0.653. The van der Waals surface area contributed by atoms with Gasteiger partial charge in [-0.3, -0.25) is 0 Å². The standard InChI is InChI=1S/C15H18O2S/c1-5-9-12-14(8-4)18(16,17)15(11-7-3)13-10-6-2/h5-13H,1-3H2,4H3/b12-9-,13-10-,14-8+,15-11+. The van der Waals surface area contributed by atoms with E-state index >= 15 is 0 Å². The summed E-state index contributed by atoms with van der Waals surface area (Å²) in [6.07, 6.45) is 13.6. The van der Waals surface area contributed by atoms with Crippen LogP contribution in [0.25, 0.3) is 0 Å². The van der Waals surface area contributed by atoms with Crippen molar-refractivity contribution in [2.75, 3.05) is 0 Å². The zero-order chi connectivity index (χ0) is 14.0. The summed E-state index contributed by atoms with van der Waals surface area (Å²) in [4.78, 5) is 0.378. The van der Waals surface area contributed by atoms with Gasteiger partial charge in [0.2, 0.25) is 9.84 Å². The molecule has 0 unspecified atom stereocenters. The maximum Gasteiger partial charge on any atom is 0.206 e. The summed E-state index contributed by atoms with van der Waals surface area (Å²) in [6, 6.07) is 0. The smallest absolute Gasteiger partial charge is 0.206 e. The second-order valence-electron chi connectivity index (χ2n) is 3.19. The molecular weight excluding hydrogens is 244 g/mol. The van der Waals surface area contributed by atoms with Gasteiger partial charge in [0.25, 0.3) is 0 Å². The predicted octanol–water partition coefficient (Wildman–Crippen LogP) is 3.86. The number of hydrogen-bond acceptors (Lipinski definition) is 2. The van der Waals surface area contributed by atoms with Gasteiger partial charge in [0.05, 0.1) is 9.81 Å². The third-order valence-corrected chi connectivity index (χ3v) is 3.87. The van der Waals surface area contributed by atoms with Crippen LogP contribution in [0.4, 0.5) is 0 Å². The zero-order valence-electron chi connectivity index (χ0n) is 10.5. The van der Waals surface area contributed by atoms with E-state index in [1.54, 1.807) is 19.1 Å². The summed E-state index contributed by atoms with van der Waals surface area (Å²) in [5.74, 6) is 0. The molecule has 96 valence electrons. The molecule has 0 aliphatic heterocycles. The van der Waals surface area contributed by atoms with Crippen molar-refractivity contribution in [3.63, 3.8) is 0 Å². The highest BCUT2D eigenvalue weighted by molar-refractivity contribution is 7.99. The van der Waals surface area contributed by atoms with Crippen LogP contribution in [-0.2, 0) is 9.84 Å². The molecule has 0 saturated heterocycles. The second-order valence-corrected chi connectivity index (χ2v) is 5.14. The van der Waals surface area contributed by atoms with Crippen LogP contribution in [0.15, 0.2) is 84.2 Å². The summed E-state index contributed by atoms with van der Waals surface area (Å²) in [6.45, 7) is 12.2. The van der Waals surface area contributed by atoms with Gasteiger partial charge in [-0.15, -0.1) is 0 Å². The number of rotatable bonds is 7. The molecule has 0 aliphatic carbocycles. The highest BCUT2D eigenvalue weighted by Gasteiger charge is 2.18. The van der Waals surface area contributed by atoms with Crippen molar-refractivity contribution >= 4 is 9.84 Å². The van der Waals surface area contributed by atoms with E-state index in [0.717, 1.165) is 0 Å². The largest absolute Gasteiger partial charge is 0.219 e. The molecule has 0 aromatic heterocycles. The van der Waals surface area contributed by atoms with Crippen LogP contribution in [0.3, 0.4) is 0 Å². The van der Waals surface area contributed by atoms with Gasteiger partial charge < -0.3 is 0 Å². The van der Waals surface area contributed by atoms with Gasteiger partial charge in [0.1, 0.15) is 0 Å². The van der Waals surface area contributed by atoms with Gasteiger partial charge in [-0.25, -0.2) is 8.42 Å². The summed E-state index contributed by atoms with van der Waals surface area (Å²) >= 11 is 0. The fraction of sp³-hybridized carbons (Fsp3) is 0.0667. The lowest BCUT2D eigenvalue weighted by atomic mass is 10.4. The van der Waals surface area contributed by atoms with Gasteiger partial charge in [-0.2, -0.15) is 0 Å². The first-order valence-electron chi connectivity index (χ1n) is 5.37. The van der Waals surface area contributed by atoms with E-state index < -0.39 is 9.84 Å². The Bertz CT molecular complexity index is 527. The SMILES string of the molecule is C=C/C=C\C(=C/C)S(=O)(=O)C(/C=C\C=C)=C/C=C.